The molecule has 1 aliphatic carbocycles. The first-order chi connectivity index (χ1) is 12.7. The first-order valence-corrected chi connectivity index (χ1v) is 9.84. The van der Waals surface area contributed by atoms with Crippen LogP contribution >= 0.6 is 0 Å². The third kappa shape index (κ3) is 4.58. The van der Waals surface area contributed by atoms with Crippen molar-refractivity contribution >= 4 is 0 Å². The molecule has 1 aromatic carbocycles. The lowest BCUT2D eigenvalue weighted by molar-refractivity contribution is -0.218. The highest BCUT2D eigenvalue weighted by molar-refractivity contribution is 5.39. The van der Waals surface area contributed by atoms with Gasteiger partial charge in [-0.25, -0.2) is 0 Å². The minimum absolute atomic E-state index is 0.0344. The van der Waals surface area contributed by atoms with Crippen LogP contribution in [0.5, 0.6) is 5.75 Å². The number of hydrogen-bond donors (Lipinski definition) is 0. The number of ether oxygens (including phenoxy) is 5. The van der Waals surface area contributed by atoms with E-state index in [1.54, 1.807) is 14.2 Å². The molecule has 0 amide bonds. The van der Waals surface area contributed by atoms with E-state index < -0.39 is 5.97 Å². The molecule has 0 spiro atoms. The second kappa shape index (κ2) is 9.18. The van der Waals surface area contributed by atoms with Crippen molar-refractivity contribution in [1.82, 2.24) is 0 Å². The van der Waals surface area contributed by atoms with Crippen LogP contribution in [0.2, 0.25) is 0 Å². The van der Waals surface area contributed by atoms with E-state index in [2.05, 4.69) is 25.1 Å². The van der Waals surface area contributed by atoms with Gasteiger partial charge in [-0.05, 0) is 48.4 Å². The van der Waals surface area contributed by atoms with Crippen LogP contribution in [0.25, 0.3) is 0 Å². The van der Waals surface area contributed by atoms with Crippen LogP contribution in [0.4, 0.5) is 0 Å². The molecule has 146 valence electrons. The summed E-state index contributed by atoms with van der Waals surface area (Å²) in [5.41, 5.74) is 2.52. The van der Waals surface area contributed by atoms with Gasteiger partial charge in [0.05, 0.1) is 26.9 Å². The van der Waals surface area contributed by atoms with E-state index in [1.165, 1.54) is 43.2 Å². The lowest BCUT2D eigenvalue weighted by Crippen LogP contribution is -2.24. The molecule has 2 fully saturated rings. The summed E-state index contributed by atoms with van der Waals surface area (Å²) in [7, 11) is 3.37. The zero-order valence-corrected chi connectivity index (χ0v) is 16.3. The highest BCUT2D eigenvalue weighted by atomic mass is 16.9. The van der Waals surface area contributed by atoms with Crippen LogP contribution in [0.15, 0.2) is 18.2 Å². The first kappa shape index (κ1) is 19.6. The number of hydrogen-bond acceptors (Lipinski definition) is 5. The van der Waals surface area contributed by atoms with Gasteiger partial charge in [0, 0.05) is 7.11 Å². The fourth-order valence-electron chi connectivity index (χ4n) is 3.90. The SMILES string of the molecule is CCC1O[C@@]1(OC)OCCOCc1ccc(OC)c(C2CCCCC2)c1. The molecule has 1 saturated carbocycles. The van der Waals surface area contributed by atoms with Gasteiger partial charge in [0.15, 0.2) is 0 Å². The summed E-state index contributed by atoms with van der Waals surface area (Å²) in [6.45, 7) is 3.59. The predicted molar refractivity (Wildman–Crippen MR) is 99.3 cm³/mol. The molecule has 5 heteroatoms. The summed E-state index contributed by atoms with van der Waals surface area (Å²) < 4.78 is 27.9. The van der Waals surface area contributed by atoms with Crippen molar-refractivity contribution in [2.24, 2.45) is 0 Å². The fourth-order valence-corrected chi connectivity index (χ4v) is 3.90. The Morgan fingerprint density at radius 1 is 1.12 bits per heavy atom. The fraction of sp³-hybridized carbons (Fsp3) is 0.714. The normalized spacial score (nSPS) is 26.0. The highest BCUT2D eigenvalue weighted by Crippen LogP contribution is 2.40. The molecule has 1 aliphatic heterocycles. The Hall–Kier alpha value is -1.14. The standard InChI is InChI=1S/C21H32O5/c1-4-20-21(23-3,26-20)25-13-12-24-15-16-10-11-19(22-2)18(14-16)17-8-6-5-7-9-17/h10-11,14,17,20H,4-9,12-13,15H2,1-3H3/t20?,21-/m0/s1. The molecule has 1 aromatic rings. The Balaban J connectivity index is 1.47. The molecule has 3 rings (SSSR count). The molecule has 0 bridgehead atoms. The minimum atomic E-state index is -0.841. The maximum absolute atomic E-state index is 5.80. The quantitative estimate of drug-likeness (QED) is 0.350. The molecular formula is C21H32O5. The second-order valence-electron chi connectivity index (χ2n) is 7.13. The maximum Gasteiger partial charge on any atom is 0.311 e. The third-order valence-electron chi connectivity index (χ3n) is 5.44. The van der Waals surface area contributed by atoms with E-state index in [4.69, 9.17) is 23.7 Å². The van der Waals surface area contributed by atoms with Crippen molar-refractivity contribution in [3.8, 4) is 5.75 Å². The van der Waals surface area contributed by atoms with Gasteiger partial charge >= 0.3 is 5.97 Å². The van der Waals surface area contributed by atoms with Crippen LogP contribution in [-0.4, -0.2) is 39.5 Å². The number of methoxy groups -OCH3 is 2. The van der Waals surface area contributed by atoms with Crippen molar-refractivity contribution in [3.63, 3.8) is 0 Å². The van der Waals surface area contributed by atoms with Gasteiger partial charge in [-0.15, -0.1) is 0 Å². The first-order valence-electron chi connectivity index (χ1n) is 9.84. The van der Waals surface area contributed by atoms with E-state index in [-0.39, 0.29) is 6.10 Å². The molecule has 1 heterocycles. The Morgan fingerprint density at radius 2 is 1.92 bits per heavy atom. The molecular weight excluding hydrogens is 332 g/mol. The predicted octanol–water partition coefficient (Wildman–Crippen LogP) is 4.39. The van der Waals surface area contributed by atoms with E-state index in [0.29, 0.717) is 25.7 Å². The summed E-state index contributed by atoms with van der Waals surface area (Å²) in [6.07, 6.45) is 7.41. The topological polar surface area (TPSA) is 49.5 Å². The number of rotatable bonds is 10. The number of benzene rings is 1. The van der Waals surface area contributed by atoms with Crippen LogP contribution < -0.4 is 4.74 Å². The average molecular weight is 364 g/mol. The molecule has 0 radical (unpaired) electrons. The Labute approximate surface area is 156 Å². The van der Waals surface area contributed by atoms with Gasteiger partial charge < -0.3 is 23.7 Å². The van der Waals surface area contributed by atoms with E-state index in [9.17, 15) is 0 Å². The van der Waals surface area contributed by atoms with Crippen molar-refractivity contribution < 1.29 is 23.7 Å². The monoisotopic (exact) mass is 364 g/mol. The van der Waals surface area contributed by atoms with Crippen molar-refractivity contribution in [1.29, 1.82) is 0 Å². The third-order valence-corrected chi connectivity index (χ3v) is 5.44. The molecule has 1 unspecified atom stereocenters. The summed E-state index contributed by atoms with van der Waals surface area (Å²) in [6, 6.07) is 6.41. The van der Waals surface area contributed by atoms with Crippen molar-refractivity contribution in [2.45, 2.75) is 70.1 Å². The Kier molecular flexibility index (Phi) is 6.92. The Morgan fingerprint density at radius 3 is 2.58 bits per heavy atom. The van der Waals surface area contributed by atoms with E-state index in [0.717, 1.165) is 12.2 Å². The largest absolute Gasteiger partial charge is 0.496 e. The van der Waals surface area contributed by atoms with Gasteiger partial charge in [-0.1, -0.05) is 32.3 Å². The van der Waals surface area contributed by atoms with Crippen LogP contribution in [-0.2, 0) is 25.6 Å². The lowest BCUT2D eigenvalue weighted by Gasteiger charge is -2.24. The zero-order valence-electron chi connectivity index (χ0n) is 16.3. The zero-order chi connectivity index (χ0) is 18.4. The van der Waals surface area contributed by atoms with E-state index >= 15 is 0 Å². The summed E-state index contributed by atoms with van der Waals surface area (Å²) in [4.78, 5) is 0. The minimum Gasteiger partial charge on any atom is -0.496 e. The molecule has 26 heavy (non-hydrogen) atoms. The second-order valence-corrected chi connectivity index (χ2v) is 7.13. The lowest BCUT2D eigenvalue weighted by atomic mass is 9.83. The van der Waals surface area contributed by atoms with Gasteiger partial charge in [-0.3, -0.25) is 0 Å². The molecule has 2 aliphatic rings. The van der Waals surface area contributed by atoms with Crippen molar-refractivity contribution in [3.05, 3.63) is 29.3 Å². The van der Waals surface area contributed by atoms with Gasteiger partial charge in [0.2, 0.25) is 0 Å². The Bertz CT molecular complexity index is 570. The van der Waals surface area contributed by atoms with Crippen molar-refractivity contribution in [2.75, 3.05) is 27.4 Å². The molecule has 1 saturated heterocycles. The molecule has 0 aromatic heterocycles. The van der Waals surface area contributed by atoms with Gasteiger partial charge in [0.1, 0.15) is 11.9 Å². The van der Waals surface area contributed by atoms with E-state index in [1.807, 2.05) is 0 Å². The van der Waals surface area contributed by atoms with Crippen LogP contribution in [0.1, 0.15) is 62.5 Å². The maximum atomic E-state index is 5.80. The van der Waals surface area contributed by atoms with Gasteiger partial charge in [-0.2, -0.15) is 0 Å². The summed E-state index contributed by atoms with van der Waals surface area (Å²) >= 11 is 0. The highest BCUT2D eigenvalue weighted by Gasteiger charge is 2.58. The average Bonchev–Trinajstić information content (AvgIpc) is 3.42. The summed E-state index contributed by atoms with van der Waals surface area (Å²) in [5.74, 6) is 0.774. The van der Waals surface area contributed by atoms with Crippen LogP contribution in [0, 0.1) is 0 Å². The van der Waals surface area contributed by atoms with Crippen LogP contribution in [0.3, 0.4) is 0 Å². The number of epoxide rings is 1. The molecule has 5 nitrogen and oxygen atoms in total. The molecule has 0 N–H and O–H groups in total. The van der Waals surface area contributed by atoms with Gasteiger partial charge in [0.25, 0.3) is 0 Å². The smallest absolute Gasteiger partial charge is 0.311 e. The summed E-state index contributed by atoms with van der Waals surface area (Å²) in [5, 5.41) is 0. The molecule has 2 atom stereocenters.